The second-order valence-corrected chi connectivity index (χ2v) is 10.7. The van der Waals surface area contributed by atoms with Crippen LogP contribution in [-0.4, -0.2) is 52.9 Å². The van der Waals surface area contributed by atoms with Crippen molar-refractivity contribution >= 4 is 11.9 Å². The van der Waals surface area contributed by atoms with Crippen LogP contribution in [0.1, 0.15) is 94.6 Å². The third-order valence-corrected chi connectivity index (χ3v) is 8.47. The molecular weight excluding hydrogens is 396 g/mol. The number of amidine groups is 1. The topological polar surface area (TPSA) is 47.9 Å². The van der Waals surface area contributed by atoms with Crippen molar-refractivity contribution in [3.05, 3.63) is 35.4 Å². The largest absolute Gasteiger partial charge is 0.323 e. The van der Waals surface area contributed by atoms with Crippen molar-refractivity contribution in [2.45, 2.75) is 102 Å². The number of urea groups is 1. The molecule has 5 nitrogen and oxygen atoms in total. The highest BCUT2D eigenvalue weighted by atomic mass is 16.2. The number of hydrogen-bond donors (Lipinski definition) is 1. The molecule has 1 aromatic carbocycles. The number of carbonyl (C=O) groups excluding carboxylic acids is 1. The first-order valence-electron chi connectivity index (χ1n) is 13.1. The van der Waals surface area contributed by atoms with E-state index < -0.39 is 0 Å². The third-order valence-electron chi connectivity index (χ3n) is 8.47. The van der Waals surface area contributed by atoms with Crippen molar-refractivity contribution in [3.63, 3.8) is 0 Å². The molecular formula is C27H40N4O. The zero-order valence-corrected chi connectivity index (χ0v) is 19.8. The Kier molecular flexibility index (Phi) is 6.54. The van der Waals surface area contributed by atoms with Gasteiger partial charge in [-0.15, -0.1) is 0 Å². The van der Waals surface area contributed by atoms with Crippen LogP contribution in [0.15, 0.2) is 29.3 Å². The van der Waals surface area contributed by atoms with Gasteiger partial charge in [-0.1, -0.05) is 63.3 Å². The second kappa shape index (κ2) is 9.54. The van der Waals surface area contributed by atoms with E-state index in [0.29, 0.717) is 12.0 Å². The highest BCUT2D eigenvalue weighted by Gasteiger charge is 2.52. The fourth-order valence-electron chi connectivity index (χ4n) is 6.33. The number of nitrogens with one attached hydrogen (secondary N) is 1. The van der Waals surface area contributed by atoms with E-state index in [2.05, 4.69) is 46.3 Å². The van der Waals surface area contributed by atoms with Crippen LogP contribution in [0.4, 0.5) is 4.79 Å². The summed E-state index contributed by atoms with van der Waals surface area (Å²) in [6.07, 6.45) is 12.9. The van der Waals surface area contributed by atoms with Gasteiger partial charge in [-0.2, -0.15) is 0 Å². The summed E-state index contributed by atoms with van der Waals surface area (Å²) < 4.78 is 0. The molecule has 5 aliphatic heterocycles. The highest BCUT2D eigenvalue weighted by Crippen LogP contribution is 2.36. The molecule has 32 heavy (non-hydrogen) atoms. The Bertz CT molecular complexity index is 819. The first kappa shape index (κ1) is 21.9. The zero-order valence-electron chi connectivity index (χ0n) is 19.8. The van der Waals surface area contributed by atoms with Crippen molar-refractivity contribution in [3.8, 4) is 0 Å². The quantitative estimate of drug-likeness (QED) is 0.636. The maximum Gasteiger partial charge on any atom is 0.323 e. The molecule has 2 saturated heterocycles. The van der Waals surface area contributed by atoms with Gasteiger partial charge in [0.05, 0.1) is 6.04 Å². The maximum atomic E-state index is 13.1. The average molecular weight is 437 g/mol. The minimum atomic E-state index is -0.209. The van der Waals surface area contributed by atoms with Crippen LogP contribution in [0.2, 0.25) is 0 Å². The Morgan fingerprint density at radius 2 is 1.59 bits per heavy atom. The summed E-state index contributed by atoms with van der Waals surface area (Å²) in [6, 6.07) is 9.82. The minimum absolute atomic E-state index is 0.0948. The van der Waals surface area contributed by atoms with Crippen LogP contribution in [0.5, 0.6) is 0 Å². The standard InChI is InChI=1S/C27H40N4O/c1-21-8-4-3-7-17-31-26(32)29-25(28-24-9-5-2-6-10-24)27(31)15-18-30(19-16-27)20-22-11-13-23(21)14-12-22/h11-14,21,24H,2-10,15-20H2,1H3,(H,28,29,32). The molecule has 1 unspecified atom stereocenters. The maximum absolute atomic E-state index is 13.1. The fourth-order valence-corrected chi connectivity index (χ4v) is 6.33. The van der Waals surface area contributed by atoms with Gasteiger partial charge in [-0.05, 0) is 55.6 Å². The summed E-state index contributed by atoms with van der Waals surface area (Å²) in [6.45, 7) is 6.25. The lowest BCUT2D eigenvalue weighted by Crippen LogP contribution is -2.56. The molecule has 1 atom stereocenters. The Hall–Kier alpha value is -1.88. The van der Waals surface area contributed by atoms with Crippen LogP contribution >= 0.6 is 0 Å². The Morgan fingerprint density at radius 1 is 0.906 bits per heavy atom. The SMILES string of the molecule is CC1CCCCCN2C(=O)NC(=NC3CCCCC3)C23CCN(CC3)Cc2ccc1cc2. The number of benzene rings is 1. The zero-order chi connectivity index (χ0) is 22.0. The van der Waals surface area contributed by atoms with E-state index in [1.165, 1.54) is 62.5 Å². The lowest BCUT2D eigenvalue weighted by molar-refractivity contribution is 0.0982. The molecule has 0 aromatic heterocycles. The molecule has 1 aliphatic carbocycles. The number of fused-ring (bicyclic) bond motifs is 2. The molecule has 174 valence electrons. The normalized spacial score (nSPS) is 33.5. The van der Waals surface area contributed by atoms with Crippen LogP contribution in [0.3, 0.4) is 0 Å². The Balaban J connectivity index is 1.40. The number of rotatable bonds is 1. The molecule has 6 aliphatic rings. The summed E-state index contributed by atoms with van der Waals surface area (Å²) in [7, 11) is 0. The molecule has 0 radical (unpaired) electrons. The Labute approximate surface area is 193 Å². The molecule has 5 heterocycles. The minimum Gasteiger partial charge on any atom is -0.312 e. The number of amides is 2. The van der Waals surface area contributed by atoms with Crippen LogP contribution in [0.25, 0.3) is 0 Å². The molecule has 7 rings (SSSR count). The molecule has 1 saturated carbocycles. The van der Waals surface area contributed by atoms with Gasteiger partial charge in [0.25, 0.3) is 0 Å². The number of aliphatic imine (C=N–C) groups is 1. The molecule has 2 amide bonds. The summed E-state index contributed by atoms with van der Waals surface area (Å²) in [5, 5.41) is 3.25. The molecule has 4 bridgehead atoms. The molecule has 1 N–H and O–H groups in total. The smallest absolute Gasteiger partial charge is 0.312 e. The number of hydrogen-bond acceptors (Lipinski definition) is 3. The van der Waals surface area contributed by atoms with Crippen molar-refractivity contribution in [2.24, 2.45) is 4.99 Å². The Morgan fingerprint density at radius 3 is 2.34 bits per heavy atom. The van der Waals surface area contributed by atoms with Crippen LogP contribution < -0.4 is 5.32 Å². The average Bonchev–Trinajstić information content (AvgIpc) is 3.05. The molecule has 1 aromatic rings. The van der Waals surface area contributed by atoms with Gasteiger partial charge in [-0.25, -0.2) is 4.79 Å². The lowest BCUT2D eigenvalue weighted by Gasteiger charge is -2.44. The van der Waals surface area contributed by atoms with Gasteiger partial charge in [0.1, 0.15) is 11.4 Å². The van der Waals surface area contributed by atoms with E-state index in [1.807, 2.05) is 0 Å². The van der Waals surface area contributed by atoms with Crippen molar-refractivity contribution in [1.29, 1.82) is 0 Å². The summed E-state index contributed by atoms with van der Waals surface area (Å²) >= 11 is 0. The monoisotopic (exact) mass is 436 g/mol. The molecule has 3 fully saturated rings. The van der Waals surface area contributed by atoms with E-state index in [1.54, 1.807) is 0 Å². The van der Waals surface area contributed by atoms with E-state index in [4.69, 9.17) is 4.99 Å². The number of piperidine rings is 1. The predicted octanol–water partition coefficient (Wildman–Crippen LogP) is 5.46. The van der Waals surface area contributed by atoms with Crippen molar-refractivity contribution in [1.82, 2.24) is 15.1 Å². The molecule has 1 spiro atoms. The van der Waals surface area contributed by atoms with Gasteiger partial charge in [0.15, 0.2) is 0 Å². The van der Waals surface area contributed by atoms with Gasteiger partial charge < -0.3 is 4.90 Å². The summed E-state index contributed by atoms with van der Waals surface area (Å²) in [5.41, 5.74) is 2.65. The molecule has 5 heteroatoms. The first-order chi connectivity index (χ1) is 15.6. The van der Waals surface area contributed by atoms with Crippen LogP contribution in [0, 0.1) is 0 Å². The van der Waals surface area contributed by atoms with E-state index >= 15 is 0 Å². The van der Waals surface area contributed by atoms with Crippen molar-refractivity contribution in [2.75, 3.05) is 19.6 Å². The van der Waals surface area contributed by atoms with Gasteiger partial charge in [-0.3, -0.25) is 15.2 Å². The summed E-state index contributed by atoms with van der Waals surface area (Å²) in [4.78, 5) is 23.1. The van der Waals surface area contributed by atoms with E-state index in [9.17, 15) is 4.79 Å². The first-order valence-corrected chi connectivity index (χ1v) is 13.1. The highest BCUT2D eigenvalue weighted by molar-refractivity contribution is 6.10. The lowest BCUT2D eigenvalue weighted by atomic mass is 9.84. The van der Waals surface area contributed by atoms with E-state index in [-0.39, 0.29) is 11.6 Å². The van der Waals surface area contributed by atoms with Gasteiger partial charge in [0, 0.05) is 26.2 Å². The number of carbonyl (C=O) groups is 1. The third kappa shape index (κ3) is 4.46. The summed E-state index contributed by atoms with van der Waals surface area (Å²) in [5.74, 6) is 1.59. The predicted molar refractivity (Wildman–Crippen MR) is 130 cm³/mol. The second-order valence-electron chi connectivity index (χ2n) is 10.7. The van der Waals surface area contributed by atoms with Gasteiger partial charge >= 0.3 is 6.03 Å². The number of nitrogens with zero attached hydrogens (tertiary/aromatic N) is 3. The van der Waals surface area contributed by atoms with Crippen LogP contribution in [-0.2, 0) is 6.54 Å². The van der Waals surface area contributed by atoms with E-state index in [0.717, 1.165) is 51.3 Å². The van der Waals surface area contributed by atoms with Gasteiger partial charge in [0.2, 0.25) is 0 Å². The van der Waals surface area contributed by atoms with Crippen molar-refractivity contribution < 1.29 is 4.79 Å². The fraction of sp³-hybridized carbons (Fsp3) is 0.704.